The van der Waals surface area contributed by atoms with Crippen LogP contribution in [-0.2, 0) is 0 Å². The van der Waals surface area contributed by atoms with Crippen molar-refractivity contribution in [2.75, 3.05) is 0 Å². The van der Waals surface area contributed by atoms with Crippen LogP contribution in [0.1, 0.15) is 26.3 Å². The zero-order chi connectivity index (χ0) is 17.9. The van der Waals surface area contributed by atoms with Crippen molar-refractivity contribution in [3.63, 3.8) is 0 Å². The minimum atomic E-state index is 0.653. The Balaban J connectivity index is 0.000000177. The summed E-state index contributed by atoms with van der Waals surface area (Å²) < 4.78 is 5.66. The molecule has 0 radical (unpaired) electrons. The van der Waals surface area contributed by atoms with Crippen LogP contribution in [0.25, 0.3) is 28.7 Å². The SMILES string of the molecule is C=C(C)c1ccc(Cl)cc1Cl.C=c1c(=C(C)C)oc2ccccc12. The van der Waals surface area contributed by atoms with Gasteiger partial charge >= 0.3 is 0 Å². The van der Waals surface area contributed by atoms with E-state index in [1.165, 1.54) is 5.57 Å². The van der Waals surface area contributed by atoms with Crippen molar-refractivity contribution >= 4 is 51.9 Å². The zero-order valence-corrected chi connectivity index (χ0v) is 15.6. The van der Waals surface area contributed by atoms with Gasteiger partial charge in [0.2, 0.25) is 0 Å². The summed E-state index contributed by atoms with van der Waals surface area (Å²) >= 11 is 11.6. The van der Waals surface area contributed by atoms with Crippen LogP contribution in [0.2, 0.25) is 10.0 Å². The summed E-state index contributed by atoms with van der Waals surface area (Å²) in [5, 5.41) is 3.42. The third-order valence-electron chi connectivity index (χ3n) is 3.54. The molecule has 0 aliphatic carbocycles. The molecule has 0 N–H and O–H groups in total. The molecule has 124 valence electrons. The lowest BCUT2D eigenvalue weighted by atomic mass is 10.1. The lowest BCUT2D eigenvalue weighted by molar-refractivity contribution is 0.571. The normalized spacial score (nSPS) is 10.2. The Hall–Kier alpha value is -1.96. The van der Waals surface area contributed by atoms with E-state index in [0.29, 0.717) is 10.0 Å². The number of rotatable bonds is 1. The average molecular weight is 359 g/mol. The Morgan fingerprint density at radius 2 is 1.67 bits per heavy atom. The highest BCUT2D eigenvalue weighted by Gasteiger charge is 2.00. The lowest BCUT2D eigenvalue weighted by Crippen LogP contribution is -2.19. The van der Waals surface area contributed by atoms with Crippen LogP contribution in [0, 0.1) is 0 Å². The molecular weight excluding hydrogens is 339 g/mol. The van der Waals surface area contributed by atoms with Crippen molar-refractivity contribution in [3.05, 3.63) is 75.3 Å². The van der Waals surface area contributed by atoms with E-state index in [9.17, 15) is 0 Å². The topological polar surface area (TPSA) is 13.1 Å². The van der Waals surface area contributed by atoms with E-state index in [4.69, 9.17) is 27.6 Å². The highest BCUT2D eigenvalue weighted by Crippen LogP contribution is 2.25. The van der Waals surface area contributed by atoms with E-state index in [1.807, 2.05) is 51.1 Å². The van der Waals surface area contributed by atoms with Crippen molar-refractivity contribution in [2.24, 2.45) is 0 Å². The maximum Gasteiger partial charge on any atom is 0.135 e. The second kappa shape index (κ2) is 7.74. The summed E-state index contributed by atoms with van der Waals surface area (Å²) in [6, 6.07) is 13.4. The third kappa shape index (κ3) is 4.11. The highest BCUT2D eigenvalue weighted by molar-refractivity contribution is 6.35. The molecule has 1 aromatic heterocycles. The molecule has 0 unspecified atom stereocenters. The van der Waals surface area contributed by atoms with Gasteiger partial charge in [-0.2, -0.15) is 0 Å². The number of hydrogen-bond acceptors (Lipinski definition) is 1. The summed E-state index contributed by atoms with van der Waals surface area (Å²) in [5.74, 6) is 0. The van der Waals surface area contributed by atoms with Crippen LogP contribution < -0.4 is 10.6 Å². The van der Waals surface area contributed by atoms with Gasteiger partial charge in [0.1, 0.15) is 11.0 Å². The number of para-hydroxylation sites is 1. The summed E-state index contributed by atoms with van der Waals surface area (Å²) in [7, 11) is 0. The molecule has 0 saturated carbocycles. The molecule has 0 spiro atoms. The molecule has 1 nitrogen and oxygen atoms in total. The zero-order valence-electron chi connectivity index (χ0n) is 14.1. The van der Waals surface area contributed by atoms with Crippen molar-refractivity contribution in [1.29, 1.82) is 0 Å². The maximum atomic E-state index is 5.88. The fourth-order valence-corrected chi connectivity index (χ4v) is 2.91. The Kier molecular flexibility index (Phi) is 5.93. The van der Waals surface area contributed by atoms with E-state index in [2.05, 4.69) is 13.2 Å². The molecule has 3 aromatic rings. The fraction of sp³-hybridized carbons (Fsp3) is 0.143. The molecule has 0 aliphatic heterocycles. The summed E-state index contributed by atoms with van der Waals surface area (Å²) in [6.07, 6.45) is 0. The molecule has 0 fully saturated rings. The molecule has 0 atom stereocenters. The van der Waals surface area contributed by atoms with Crippen LogP contribution in [0.3, 0.4) is 0 Å². The monoisotopic (exact) mass is 358 g/mol. The quantitative estimate of drug-likeness (QED) is 0.515. The van der Waals surface area contributed by atoms with Gasteiger partial charge in [-0.05, 0) is 55.7 Å². The van der Waals surface area contributed by atoms with Crippen LogP contribution in [0.5, 0.6) is 0 Å². The van der Waals surface area contributed by atoms with Gasteiger partial charge in [-0.1, -0.05) is 60.6 Å². The minimum Gasteiger partial charge on any atom is -0.456 e. The Morgan fingerprint density at radius 1 is 1.00 bits per heavy atom. The van der Waals surface area contributed by atoms with Gasteiger partial charge in [0.05, 0.1) is 0 Å². The largest absolute Gasteiger partial charge is 0.456 e. The first-order valence-electron chi connectivity index (χ1n) is 7.56. The average Bonchev–Trinajstić information content (AvgIpc) is 2.85. The minimum absolute atomic E-state index is 0.653. The van der Waals surface area contributed by atoms with E-state index >= 15 is 0 Å². The van der Waals surface area contributed by atoms with Gasteiger partial charge in [-0.25, -0.2) is 0 Å². The molecule has 0 amide bonds. The number of allylic oxidation sites excluding steroid dienone is 1. The summed E-state index contributed by atoms with van der Waals surface area (Å²) in [6.45, 7) is 13.8. The van der Waals surface area contributed by atoms with Crippen molar-refractivity contribution in [3.8, 4) is 0 Å². The Morgan fingerprint density at radius 3 is 2.21 bits per heavy atom. The third-order valence-corrected chi connectivity index (χ3v) is 4.09. The van der Waals surface area contributed by atoms with Gasteiger partial charge in [-0.15, -0.1) is 0 Å². The number of furan rings is 1. The molecule has 0 saturated heterocycles. The highest BCUT2D eigenvalue weighted by atomic mass is 35.5. The first kappa shape index (κ1) is 18.4. The molecule has 0 bridgehead atoms. The van der Waals surface area contributed by atoms with Gasteiger partial charge < -0.3 is 4.42 Å². The Labute approximate surface area is 152 Å². The molecule has 0 aliphatic rings. The van der Waals surface area contributed by atoms with Gasteiger partial charge in [0, 0.05) is 20.7 Å². The van der Waals surface area contributed by atoms with Crippen LogP contribution >= 0.6 is 23.2 Å². The first-order valence-corrected chi connectivity index (χ1v) is 8.31. The van der Waals surface area contributed by atoms with E-state index in [0.717, 1.165) is 32.7 Å². The maximum absolute atomic E-state index is 5.88. The van der Waals surface area contributed by atoms with Crippen LogP contribution in [0.4, 0.5) is 0 Å². The molecule has 3 rings (SSSR count). The van der Waals surface area contributed by atoms with Crippen LogP contribution in [0.15, 0.2) is 53.5 Å². The van der Waals surface area contributed by atoms with Crippen LogP contribution in [-0.4, -0.2) is 0 Å². The lowest BCUT2D eigenvalue weighted by Gasteiger charge is -2.02. The standard InChI is InChI=1S/C12H12O.C9H8Cl2/c1-8(2)12-9(3)10-6-4-5-7-11(10)13-12;1-6(2)8-4-3-7(10)5-9(8)11/h4-7H,3H2,1-2H3;3-5H,1H2,2H3. The molecule has 1 heterocycles. The number of fused-ring (bicyclic) bond motifs is 1. The number of benzene rings is 2. The van der Waals surface area contributed by atoms with Gasteiger partial charge in [0.15, 0.2) is 0 Å². The smallest absolute Gasteiger partial charge is 0.135 e. The summed E-state index contributed by atoms with van der Waals surface area (Å²) in [4.78, 5) is 0. The van der Waals surface area contributed by atoms with E-state index in [-0.39, 0.29) is 0 Å². The molecular formula is C21H20Cl2O. The van der Waals surface area contributed by atoms with Crippen molar-refractivity contribution in [2.45, 2.75) is 20.8 Å². The van der Waals surface area contributed by atoms with E-state index < -0.39 is 0 Å². The van der Waals surface area contributed by atoms with Gasteiger partial charge in [-0.3, -0.25) is 0 Å². The second-order valence-corrected chi connectivity index (χ2v) is 6.65. The number of halogens is 2. The van der Waals surface area contributed by atoms with Crippen molar-refractivity contribution in [1.82, 2.24) is 0 Å². The van der Waals surface area contributed by atoms with Gasteiger partial charge in [0.25, 0.3) is 0 Å². The molecule has 3 heteroatoms. The summed E-state index contributed by atoms with van der Waals surface area (Å²) in [5.41, 5.74) is 4.91. The predicted molar refractivity (Wildman–Crippen MR) is 107 cm³/mol. The molecule has 24 heavy (non-hydrogen) atoms. The van der Waals surface area contributed by atoms with Crippen molar-refractivity contribution < 1.29 is 4.42 Å². The fourth-order valence-electron chi connectivity index (χ4n) is 2.34. The Bertz CT molecular complexity index is 992. The predicted octanol–water partition coefficient (Wildman–Crippen LogP) is 6.06. The first-order chi connectivity index (χ1) is 11.3. The number of hydrogen-bond donors (Lipinski definition) is 0. The second-order valence-electron chi connectivity index (χ2n) is 5.81. The molecule has 2 aromatic carbocycles. The van der Waals surface area contributed by atoms with E-state index in [1.54, 1.807) is 12.1 Å².